The fraction of sp³-hybridized carbons (Fsp3) is 0.537. The van der Waals surface area contributed by atoms with E-state index in [2.05, 4.69) is 10.6 Å². The van der Waals surface area contributed by atoms with Crippen molar-refractivity contribution in [1.29, 1.82) is 5.41 Å². The van der Waals surface area contributed by atoms with Crippen LogP contribution in [-0.4, -0.2) is 90.8 Å². The first-order valence-corrected chi connectivity index (χ1v) is 23.9. The Bertz CT molecular complexity index is 2160. The van der Waals surface area contributed by atoms with Crippen LogP contribution >= 0.6 is 0 Å². The van der Waals surface area contributed by atoms with Crippen LogP contribution in [0.3, 0.4) is 0 Å². The molecule has 3 aromatic rings. The zero-order chi connectivity index (χ0) is 48.0. The number of carbonyl (C=O) groups excluding carboxylic acids is 6. The molecule has 4 atom stereocenters. The SMILES string of the molecule is CC(=O)Oc1c(C)cc(C[N+]2(CC(=O)C[C@@H](CCc3ccccc3)C(=O)N[C@@H](CC(C)C)C(=O)C[C@@H](Cc3ccccc3)C(=O)N[C@@H](CC(C)C)C(=O)C3(C)CC3)CCOCC2)cc1C=N. The van der Waals surface area contributed by atoms with Gasteiger partial charge >= 0.3 is 5.97 Å². The highest BCUT2D eigenvalue weighted by molar-refractivity contribution is 5.97. The van der Waals surface area contributed by atoms with Gasteiger partial charge in [0.05, 0.1) is 25.3 Å². The number of morpholine rings is 1. The van der Waals surface area contributed by atoms with Gasteiger partial charge in [0.2, 0.25) is 11.8 Å². The number of hydrogen-bond acceptors (Lipinski definition) is 9. The Morgan fingerprint density at radius 1 is 0.788 bits per heavy atom. The second kappa shape index (κ2) is 23.9. The minimum atomic E-state index is -0.893. The number of quaternary nitrogens is 1. The van der Waals surface area contributed by atoms with Gasteiger partial charge in [-0.2, -0.15) is 0 Å². The molecular weight excluding hydrogens is 833 g/mol. The summed E-state index contributed by atoms with van der Waals surface area (Å²) in [4.78, 5) is 83.3. The van der Waals surface area contributed by atoms with E-state index in [1.807, 2.05) is 114 Å². The third-order valence-electron chi connectivity index (χ3n) is 13.2. The molecule has 3 aromatic carbocycles. The zero-order valence-electron chi connectivity index (χ0n) is 40.3. The molecule has 1 aliphatic heterocycles. The summed E-state index contributed by atoms with van der Waals surface area (Å²) in [5, 5.41) is 14.2. The molecule has 2 amide bonds. The van der Waals surface area contributed by atoms with Crippen molar-refractivity contribution in [3.63, 3.8) is 0 Å². The minimum absolute atomic E-state index is 0.0263. The Morgan fingerprint density at radius 3 is 1.94 bits per heavy atom. The standard InChI is InChI=1S/C54H72N4O8/c1-36(2)26-47(49(61)32-44(29-41-16-12-9-13-17-41)53(64)57-48(27-37(3)4)51(62)54(7)20-21-54)56-52(63)43(19-18-40-14-10-8-11-15-40)31-46(60)35-58(22-24-65-25-23-58)34-42-28-38(5)50(66-39(6)59)45(30-42)33-55/h8-17,28,30,33,36-37,43-44,47-48,55H,18-27,29,31-32,34-35H2,1-7H3,(H-,56,57,63,64)/p+1/t43-,44-,47+,48+/m1/s1. The highest BCUT2D eigenvalue weighted by atomic mass is 16.5. The lowest BCUT2D eigenvalue weighted by Crippen LogP contribution is -2.57. The van der Waals surface area contributed by atoms with Crippen LogP contribution < -0.4 is 15.4 Å². The average molecular weight is 906 g/mol. The fourth-order valence-corrected chi connectivity index (χ4v) is 9.29. The van der Waals surface area contributed by atoms with E-state index in [-0.39, 0.29) is 60.4 Å². The molecule has 0 aromatic heterocycles. The van der Waals surface area contributed by atoms with Crippen LogP contribution in [0.25, 0.3) is 0 Å². The van der Waals surface area contributed by atoms with Gasteiger partial charge in [-0.1, -0.05) is 95.3 Å². The van der Waals surface area contributed by atoms with Gasteiger partial charge in [0, 0.05) is 54.4 Å². The second-order valence-electron chi connectivity index (χ2n) is 20.1. The summed E-state index contributed by atoms with van der Waals surface area (Å²) >= 11 is 0. The number of carbonyl (C=O) groups is 6. The summed E-state index contributed by atoms with van der Waals surface area (Å²) < 4.78 is 11.6. The highest BCUT2D eigenvalue weighted by Gasteiger charge is 2.48. The minimum Gasteiger partial charge on any atom is -0.426 e. The molecule has 5 rings (SSSR count). The Kier molecular flexibility index (Phi) is 18.7. The lowest BCUT2D eigenvalue weighted by molar-refractivity contribution is -0.940. The van der Waals surface area contributed by atoms with E-state index >= 15 is 0 Å². The van der Waals surface area contributed by atoms with Crippen LogP contribution in [0.1, 0.15) is 114 Å². The van der Waals surface area contributed by atoms with E-state index < -0.39 is 35.3 Å². The van der Waals surface area contributed by atoms with E-state index in [0.29, 0.717) is 86.3 Å². The number of benzene rings is 3. The summed E-state index contributed by atoms with van der Waals surface area (Å²) in [7, 11) is 0. The van der Waals surface area contributed by atoms with Crippen molar-refractivity contribution >= 4 is 41.3 Å². The Balaban J connectivity index is 1.37. The maximum Gasteiger partial charge on any atom is 0.308 e. The predicted octanol–water partition coefficient (Wildman–Crippen LogP) is 7.72. The van der Waals surface area contributed by atoms with Crippen LogP contribution in [0.15, 0.2) is 72.8 Å². The molecule has 12 heteroatoms. The number of hydrogen-bond donors (Lipinski definition) is 3. The third kappa shape index (κ3) is 15.4. The monoisotopic (exact) mass is 906 g/mol. The second-order valence-corrected chi connectivity index (χ2v) is 20.1. The molecule has 356 valence electrons. The summed E-state index contributed by atoms with van der Waals surface area (Å²) in [6.45, 7) is 15.8. The molecule has 1 saturated carbocycles. The number of nitrogens with one attached hydrogen (secondary N) is 3. The van der Waals surface area contributed by atoms with Crippen LogP contribution in [0.2, 0.25) is 0 Å². The largest absolute Gasteiger partial charge is 0.426 e. The lowest BCUT2D eigenvalue weighted by Gasteiger charge is -2.41. The molecule has 2 fully saturated rings. The van der Waals surface area contributed by atoms with Crippen molar-refractivity contribution in [3.05, 3.63) is 101 Å². The van der Waals surface area contributed by atoms with Crippen molar-refractivity contribution in [1.82, 2.24) is 10.6 Å². The first-order valence-electron chi connectivity index (χ1n) is 23.9. The van der Waals surface area contributed by atoms with Crippen molar-refractivity contribution < 1.29 is 42.7 Å². The van der Waals surface area contributed by atoms with Crippen molar-refractivity contribution in [2.45, 2.75) is 125 Å². The van der Waals surface area contributed by atoms with E-state index in [1.54, 1.807) is 0 Å². The van der Waals surface area contributed by atoms with Crippen LogP contribution in [-0.2, 0) is 52.9 Å². The maximum atomic E-state index is 14.6. The quantitative estimate of drug-likeness (QED) is 0.0319. The van der Waals surface area contributed by atoms with E-state index in [0.717, 1.165) is 35.7 Å². The Labute approximate surface area is 392 Å². The molecule has 12 nitrogen and oxygen atoms in total. The molecule has 66 heavy (non-hydrogen) atoms. The molecule has 0 unspecified atom stereocenters. The summed E-state index contributed by atoms with van der Waals surface area (Å²) in [5.41, 5.74) is 3.56. The molecule has 1 aliphatic carbocycles. The zero-order valence-corrected chi connectivity index (χ0v) is 40.3. The van der Waals surface area contributed by atoms with Gasteiger partial charge in [-0.25, -0.2) is 0 Å². The molecule has 1 saturated heterocycles. The highest BCUT2D eigenvalue weighted by Crippen LogP contribution is 2.47. The van der Waals surface area contributed by atoms with Gasteiger partial charge < -0.3 is 30.0 Å². The van der Waals surface area contributed by atoms with Gasteiger partial charge in [0.1, 0.15) is 31.9 Å². The molecule has 2 aliphatic rings. The van der Waals surface area contributed by atoms with Crippen molar-refractivity contribution in [2.24, 2.45) is 29.1 Å². The fourth-order valence-electron chi connectivity index (χ4n) is 9.29. The maximum absolute atomic E-state index is 14.6. The van der Waals surface area contributed by atoms with Crippen LogP contribution in [0.4, 0.5) is 0 Å². The first-order chi connectivity index (χ1) is 31.4. The lowest BCUT2D eigenvalue weighted by atomic mass is 9.87. The number of amides is 2. The number of Topliss-reactive ketones (excluding diaryl/α,β-unsaturated/α-hetero) is 3. The first kappa shape index (κ1) is 51.7. The van der Waals surface area contributed by atoms with Crippen molar-refractivity contribution in [2.75, 3.05) is 32.8 Å². The number of ether oxygens (including phenoxy) is 2. The van der Waals surface area contributed by atoms with E-state index in [4.69, 9.17) is 14.9 Å². The topological polar surface area (TPSA) is 169 Å². The molecule has 3 N–H and O–H groups in total. The smallest absolute Gasteiger partial charge is 0.308 e. The molecule has 0 spiro atoms. The summed E-state index contributed by atoms with van der Waals surface area (Å²) in [5.74, 6) is -2.46. The van der Waals surface area contributed by atoms with Crippen LogP contribution in [0, 0.1) is 41.4 Å². The van der Waals surface area contributed by atoms with Gasteiger partial charge in [0.15, 0.2) is 17.3 Å². The predicted molar refractivity (Wildman–Crippen MR) is 256 cm³/mol. The number of rotatable bonds is 26. The average Bonchev–Trinajstić information content (AvgIpc) is 4.03. The molecule has 0 bridgehead atoms. The Morgan fingerprint density at radius 2 is 1.36 bits per heavy atom. The van der Waals surface area contributed by atoms with Gasteiger partial charge in [-0.15, -0.1) is 0 Å². The van der Waals surface area contributed by atoms with Crippen molar-refractivity contribution in [3.8, 4) is 5.75 Å². The Hall–Kier alpha value is -5.33. The number of nitrogens with zero attached hydrogens (tertiary/aromatic N) is 1. The number of ketones is 3. The van der Waals surface area contributed by atoms with Gasteiger partial charge in [0.25, 0.3) is 0 Å². The molecular formula is C54H73N4O8+. The third-order valence-corrected chi connectivity index (χ3v) is 13.2. The molecule has 1 heterocycles. The van der Waals surface area contributed by atoms with Crippen LogP contribution in [0.5, 0.6) is 5.75 Å². The number of aryl methyl sites for hydroxylation is 2. The number of esters is 1. The van der Waals surface area contributed by atoms with Gasteiger partial charge in [-0.3, -0.25) is 28.8 Å². The van der Waals surface area contributed by atoms with E-state index in [1.165, 1.54) is 6.92 Å². The molecule has 0 radical (unpaired) electrons. The normalized spacial score (nSPS) is 16.9. The summed E-state index contributed by atoms with van der Waals surface area (Å²) in [6.07, 6.45) is 4.69. The van der Waals surface area contributed by atoms with E-state index in [9.17, 15) is 28.8 Å². The van der Waals surface area contributed by atoms with Gasteiger partial charge in [-0.05, 0) is 92.5 Å². The summed E-state index contributed by atoms with van der Waals surface area (Å²) in [6, 6.07) is 21.6.